The second kappa shape index (κ2) is 9.33. The third kappa shape index (κ3) is 5.21. The summed E-state index contributed by atoms with van der Waals surface area (Å²) in [6.07, 6.45) is 0.825. The van der Waals surface area contributed by atoms with Crippen molar-refractivity contribution in [1.29, 1.82) is 0 Å². The second-order valence-electron chi connectivity index (χ2n) is 7.00. The molecular formula is C21H20FN3O6. The third-order valence-corrected chi connectivity index (χ3v) is 4.89. The van der Waals surface area contributed by atoms with Crippen molar-refractivity contribution >= 4 is 34.8 Å². The first-order valence-corrected chi connectivity index (χ1v) is 9.58. The van der Waals surface area contributed by atoms with Gasteiger partial charge in [-0.15, -0.1) is 0 Å². The number of nitrogens with one attached hydrogen (secondary N) is 1. The molecule has 1 fully saturated rings. The van der Waals surface area contributed by atoms with Crippen LogP contribution in [0.4, 0.5) is 21.5 Å². The number of esters is 1. The number of hydrogen-bond acceptors (Lipinski definition) is 6. The highest BCUT2D eigenvalue weighted by molar-refractivity contribution is 6.00. The van der Waals surface area contributed by atoms with Gasteiger partial charge in [0.25, 0.3) is 11.6 Å². The smallest absolute Gasteiger partial charge is 0.311 e. The maximum absolute atomic E-state index is 13.2. The first-order chi connectivity index (χ1) is 14.8. The number of benzene rings is 2. The molecule has 0 radical (unpaired) electrons. The SMILES string of the molecule is CCc1ccc(N2C[C@@H](C(=O)OCC(=O)Nc3ccc(F)cc3[N+](=O)[O-])CC2=O)cc1. The number of anilines is 2. The summed E-state index contributed by atoms with van der Waals surface area (Å²) < 4.78 is 18.2. The zero-order valence-electron chi connectivity index (χ0n) is 16.7. The van der Waals surface area contributed by atoms with Gasteiger partial charge in [0.05, 0.1) is 16.9 Å². The first kappa shape index (κ1) is 21.9. The van der Waals surface area contributed by atoms with Gasteiger partial charge in [-0.1, -0.05) is 19.1 Å². The van der Waals surface area contributed by atoms with E-state index < -0.39 is 40.8 Å². The molecule has 0 bridgehead atoms. The highest BCUT2D eigenvalue weighted by atomic mass is 19.1. The third-order valence-electron chi connectivity index (χ3n) is 4.89. The fourth-order valence-electron chi connectivity index (χ4n) is 3.23. The lowest BCUT2D eigenvalue weighted by molar-refractivity contribution is -0.384. The van der Waals surface area contributed by atoms with E-state index in [1.54, 1.807) is 0 Å². The highest BCUT2D eigenvalue weighted by Gasteiger charge is 2.36. The summed E-state index contributed by atoms with van der Waals surface area (Å²) in [4.78, 5) is 48.3. The first-order valence-electron chi connectivity index (χ1n) is 9.58. The van der Waals surface area contributed by atoms with Gasteiger partial charge in [0.2, 0.25) is 5.91 Å². The number of carbonyl (C=O) groups is 3. The molecule has 1 saturated heterocycles. The molecule has 1 aliphatic rings. The van der Waals surface area contributed by atoms with Gasteiger partial charge < -0.3 is 15.0 Å². The normalized spacial score (nSPS) is 15.6. The molecule has 1 N–H and O–H groups in total. The standard InChI is InChI=1S/C21H20FN3O6/c1-2-13-3-6-16(7-4-13)24-11-14(9-20(24)27)21(28)31-12-19(26)23-17-8-5-15(22)10-18(17)25(29)30/h3-8,10,14H,2,9,11-12H2,1H3,(H,23,26)/t14-/m0/s1. The Kier molecular flexibility index (Phi) is 6.58. The quantitative estimate of drug-likeness (QED) is 0.411. The van der Waals surface area contributed by atoms with Crippen molar-refractivity contribution in [2.24, 2.45) is 5.92 Å². The maximum Gasteiger partial charge on any atom is 0.311 e. The monoisotopic (exact) mass is 429 g/mol. The van der Waals surface area contributed by atoms with Crippen molar-refractivity contribution in [2.45, 2.75) is 19.8 Å². The molecule has 1 aliphatic heterocycles. The molecule has 2 amide bonds. The van der Waals surface area contributed by atoms with Crippen molar-refractivity contribution in [1.82, 2.24) is 0 Å². The minimum absolute atomic E-state index is 0.0422. The number of nitro benzene ring substituents is 1. The Morgan fingerprint density at radius 1 is 1.26 bits per heavy atom. The average Bonchev–Trinajstić information content (AvgIpc) is 3.15. The lowest BCUT2D eigenvalue weighted by atomic mass is 10.1. The summed E-state index contributed by atoms with van der Waals surface area (Å²) in [5, 5.41) is 13.2. The summed E-state index contributed by atoms with van der Waals surface area (Å²) >= 11 is 0. The highest BCUT2D eigenvalue weighted by Crippen LogP contribution is 2.27. The number of amides is 2. The number of hydrogen-bond donors (Lipinski definition) is 1. The predicted molar refractivity (Wildman–Crippen MR) is 109 cm³/mol. The van der Waals surface area contributed by atoms with Crippen LogP contribution in [0.15, 0.2) is 42.5 Å². The van der Waals surface area contributed by atoms with Crippen molar-refractivity contribution in [3.05, 3.63) is 64.0 Å². The van der Waals surface area contributed by atoms with Gasteiger partial charge in [-0.25, -0.2) is 4.39 Å². The molecule has 0 aliphatic carbocycles. The van der Waals surface area contributed by atoms with Crippen molar-refractivity contribution in [3.63, 3.8) is 0 Å². The van der Waals surface area contributed by atoms with Crippen LogP contribution < -0.4 is 10.2 Å². The summed E-state index contributed by atoms with van der Waals surface area (Å²) in [6, 6.07) is 10.1. The van der Waals surface area contributed by atoms with Crippen LogP contribution >= 0.6 is 0 Å². The molecule has 9 nitrogen and oxygen atoms in total. The summed E-state index contributed by atoms with van der Waals surface area (Å²) in [5.74, 6) is -3.32. The fraction of sp³-hybridized carbons (Fsp3) is 0.286. The maximum atomic E-state index is 13.2. The zero-order valence-corrected chi connectivity index (χ0v) is 16.7. The number of aryl methyl sites for hydroxylation is 1. The Labute approximate surface area is 176 Å². The van der Waals surface area contributed by atoms with Crippen LogP contribution in [-0.2, 0) is 25.5 Å². The molecule has 162 valence electrons. The van der Waals surface area contributed by atoms with E-state index in [1.807, 2.05) is 31.2 Å². The summed E-state index contributed by atoms with van der Waals surface area (Å²) in [6.45, 7) is 1.46. The molecule has 1 heterocycles. The van der Waals surface area contributed by atoms with E-state index in [9.17, 15) is 28.9 Å². The van der Waals surface area contributed by atoms with E-state index in [0.717, 1.165) is 24.1 Å². The summed E-state index contributed by atoms with van der Waals surface area (Å²) in [7, 11) is 0. The lowest BCUT2D eigenvalue weighted by Gasteiger charge is -2.17. The number of halogens is 1. The number of nitro groups is 1. The molecule has 10 heteroatoms. The average molecular weight is 429 g/mol. The predicted octanol–water partition coefficient (Wildman–Crippen LogP) is 2.83. The van der Waals surface area contributed by atoms with E-state index in [-0.39, 0.29) is 24.6 Å². The van der Waals surface area contributed by atoms with Crippen molar-refractivity contribution < 1.29 is 28.4 Å². The van der Waals surface area contributed by atoms with Crippen molar-refractivity contribution in [2.75, 3.05) is 23.4 Å². The van der Waals surface area contributed by atoms with E-state index >= 15 is 0 Å². The Balaban J connectivity index is 1.55. The number of nitrogens with zero attached hydrogens (tertiary/aromatic N) is 2. The van der Waals surface area contributed by atoms with Crippen molar-refractivity contribution in [3.8, 4) is 0 Å². The van der Waals surface area contributed by atoms with Crippen LogP contribution in [0.1, 0.15) is 18.9 Å². The molecule has 1 atom stereocenters. The number of ether oxygens (including phenoxy) is 1. The van der Waals surface area contributed by atoms with Crippen LogP contribution in [-0.4, -0.2) is 35.9 Å². The molecule has 0 saturated carbocycles. The Morgan fingerprint density at radius 3 is 2.61 bits per heavy atom. The van der Waals surface area contributed by atoms with Gasteiger partial charge >= 0.3 is 5.97 Å². The number of rotatable bonds is 7. The van der Waals surface area contributed by atoms with Gasteiger partial charge in [-0.05, 0) is 36.2 Å². The van der Waals surface area contributed by atoms with Gasteiger partial charge in [-0.3, -0.25) is 24.5 Å². The van der Waals surface area contributed by atoms with Gasteiger partial charge in [0.15, 0.2) is 6.61 Å². The van der Waals surface area contributed by atoms with E-state index in [4.69, 9.17) is 4.74 Å². The summed E-state index contributed by atoms with van der Waals surface area (Å²) in [5.41, 5.74) is 0.966. The lowest BCUT2D eigenvalue weighted by Crippen LogP contribution is -2.28. The molecule has 31 heavy (non-hydrogen) atoms. The van der Waals surface area contributed by atoms with Crippen LogP contribution in [0.25, 0.3) is 0 Å². The topological polar surface area (TPSA) is 119 Å². The Morgan fingerprint density at radius 2 is 1.97 bits per heavy atom. The molecule has 3 rings (SSSR count). The van der Waals surface area contributed by atoms with Crippen LogP contribution in [0.5, 0.6) is 0 Å². The molecule has 2 aromatic carbocycles. The molecule has 2 aromatic rings. The van der Waals surface area contributed by atoms with Gasteiger partial charge in [-0.2, -0.15) is 0 Å². The fourth-order valence-corrected chi connectivity index (χ4v) is 3.23. The largest absolute Gasteiger partial charge is 0.455 e. The molecule has 0 spiro atoms. The molecular weight excluding hydrogens is 409 g/mol. The van der Waals surface area contributed by atoms with E-state index in [0.29, 0.717) is 11.8 Å². The molecule has 0 aromatic heterocycles. The Hall–Kier alpha value is -3.82. The minimum Gasteiger partial charge on any atom is -0.455 e. The zero-order chi connectivity index (χ0) is 22.5. The number of carbonyl (C=O) groups excluding carboxylic acids is 3. The van der Waals surface area contributed by atoms with Gasteiger partial charge in [0.1, 0.15) is 11.5 Å². The second-order valence-corrected chi connectivity index (χ2v) is 7.00. The minimum atomic E-state index is -0.837. The molecule has 0 unspecified atom stereocenters. The van der Waals surface area contributed by atoms with Gasteiger partial charge in [0, 0.05) is 18.7 Å². The van der Waals surface area contributed by atoms with Crippen LogP contribution in [0, 0.1) is 21.8 Å². The van der Waals surface area contributed by atoms with Crippen LogP contribution in [0.3, 0.4) is 0 Å². The Bertz CT molecular complexity index is 1020. The van der Waals surface area contributed by atoms with Crippen LogP contribution in [0.2, 0.25) is 0 Å². The van der Waals surface area contributed by atoms with E-state index in [1.165, 1.54) is 4.90 Å². The van der Waals surface area contributed by atoms with E-state index in [2.05, 4.69) is 5.32 Å².